The molecule has 0 unspecified atom stereocenters. The summed E-state index contributed by atoms with van der Waals surface area (Å²) in [5, 5.41) is 15.3. The molecule has 2 aliphatic heterocycles. The van der Waals surface area contributed by atoms with Crippen molar-refractivity contribution >= 4 is 11.5 Å². The zero-order valence-corrected chi connectivity index (χ0v) is 10.0. The van der Waals surface area contributed by atoms with Crippen LogP contribution in [0.25, 0.3) is 0 Å². The Kier molecular flexibility index (Phi) is 2.55. The number of hydrogen-bond donors (Lipinski definition) is 2. The molecule has 2 aliphatic rings. The number of nitrogens with one attached hydrogen (secondary N) is 2. The van der Waals surface area contributed by atoms with E-state index >= 15 is 0 Å². The molecule has 1 fully saturated rings. The van der Waals surface area contributed by atoms with E-state index < -0.39 is 0 Å². The quantitative estimate of drug-likeness (QED) is 0.807. The lowest BCUT2D eigenvalue weighted by Crippen LogP contribution is -2.26. The summed E-state index contributed by atoms with van der Waals surface area (Å²) < 4.78 is 0. The highest BCUT2D eigenvalue weighted by Crippen LogP contribution is 2.27. The first-order valence-corrected chi connectivity index (χ1v) is 6.16. The van der Waals surface area contributed by atoms with Gasteiger partial charge in [-0.1, -0.05) is 0 Å². The summed E-state index contributed by atoms with van der Waals surface area (Å²) >= 11 is 0. The van der Waals surface area contributed by atoms with Gasteiger partial charge in [0.05, 0.1) is 12.1 Å². The second-order valence-corrected chi connectivity index (χ2v) is 4.94. The van der Waals surface area contributed by atoms with Crippen LogP contribution in [0.15, 0.2) is 16.3 Å². The molecule has 17 heavy (non-hydrogen) atoms. The maximum absolute atomic E-state index is 7.49. The fraction of sp³-hybridized carbons (Fsp3) is 0.583. The van der Waals surface area contributed by atoms with Crippen molar-refractivity contribution < 1.29 is 0 Å². The molecule has 1 aromatic rings. The van der Waals surface area contributed by atoms with Crippen molar-refractivity contribution in [1.82, 2.24) is 9.88 Å². The van der Waals surface area contributed by atoms with Crippen LogP contribution in [0, 0.1) is 5.41 Å². The predicted molar refractivity (Wildman–Crippen MR) is 65.8 cm³/mol. The smallest absolute Gasteiger partial charge is 0.149 e. The van der Waals surface area contributed by atoms with E-state index in [4.69, 9.17) is 5.41 Å². The van der Waals surface area contributed by atoms with Gasteiger partial charge >= 0.3 is 0 Å². The molecule has 90 valence electrons. The topological polar surface area (TPSA) is 67.6 Å². The minimum Gasteiger partial charge on any atom is -0.359 e. The molecule has 2 N–H and O–H groups in total. The summed E-state index contributed by atoms with van der Waals surface area (Å²) in [5.74, 6) is 0.334. The molecule has 3 rings (SSSR count). The third-order valence-corrected chi connectivity index (χ3v) is 3.62. The monoisotopic (exact) mass is 231 g/mol. The molecule has 0 radical (unpaired) electrons. The van der Waals surface area contributed by atoms with E-state index in [1.807, 2.05) is 0 Å². The van der Waals surface area contributed by atoms with E-state index in [0.717, 1.165) is 17.9 Å². The molecule has 0 saturated carbocycles. The van der Waals surface area contributed by atoms with Crippen molar-refractivity contribution in [1.29, 1.82) is 5.41 Å². The van der Waals surface area contributed by atoms with E-state index in [2.05, 4.69) is 33.1 Å². The van der Waals surface area contributed by atoms with E-state index in [1.165, 1.54) is 25.1 Å². The first kappa shape index (κ1) is 10.7. The molecular formula is C12H17N5. The Hall–Kier alpha value is -1.49. The molecule has 0 bridgehead atoms. The highest BCUT2D eigenvalue weighted by molar-refractivity contribution is 5.84. The van der Waals surface area contributed by atoms with Crippen molar-refractivity contribution in [2.45, 2.75) is 38.8 Å². The highest BCUT2D eigenvalue weighted by atomic mass is 15.2. The number of azo groups is 1. The van der Waals surface area contributed by atoms with Crippen LogP contribution in [0.3, 0.4) is 0 Å². The van der Waals surface area contributed by atoms with Crippen molar-refractivity contribution in [3.8, 4) is 0 Å². The zero-order valence-electron chi connectivity index (χ0n) is 10.0. The zero-order chi connectivity index (χ0) is 11.8. The molecule has 0 aliphatic carbocycles. The molecule has 5 nitrogen and oxygen atoms in total. The average Bonchev–Trinajstić information content (AvgIpc) is 2.85. The van der Waals surface area contributed by atoms with E-state index in [9.17, 15) is 0 Å². The van der Waals surface area contributed by atoms with Gasteiger partial charge in [-0.3, -0.25) is 10.3 Å². The number of rotatable bonds is 2. The maximum Gasteiger partial charge on any atom is 0.149 e. The van der Waals surface area contributed by atoms with Crippen molar-refractivity contribution in [3.05, 3.63) is 17.5 Å². The Morgan fingerprint density at radius 1 is 1.53 bits per heavy atom. The normalized spacial score (nSPS) is 24.3. The van der Waals surface area contributed by atoms with Crippen LogP contribution in [0.2, 0.25) is 0 Å². The third-order valence-electron chi connectivity index (χ3n) is 3.62. The van der Waals surface area contributed by atoms with Crippen LogP contribution in [0.1, 0.15) is 31.2 Å². The van der Waals surface area contributed by atoms with E-state index in [0.29, 0.717) is 18.3 Å². The van der Waals surface area contributed by atoms with E-state index in [1.54, 1.807) is 0 Å². The average molecular weight is 231 g/mol. The van der Waals surface area contributed by atoms with Crippen molar-refractivity contribution in [2.75, 3.05) is 6.54 Å². The molecule has 0 amide bonds. The fourth-order valence-corrected chi connectivity index (χ4v) is 2.62. The summed E-state index contributed by atoms with van der Waals surface area (Å²) in [6.45, 7) is 4.42. The number of likely N-dealkylation sites (tertiary alicyclic amines) is 1. The maximum atomic E-state index is 7.49. The van der Waals surface area contributed by atoms with Crippen LogP contribution >= 0.6 is 0 Å². The van der Waals surface area contributed by atoms with Crippen LogP contribution in [-0.4, -0.2) is 28.3 Å². The molecule has 0 spiro atoms. The van der Waals surface area contributed by atoms with Crippen LogP contribution < -0.4 is 0 Å². The first-order valence-electron chi connectivity index (χ1n) is 6.16. The van der Waals surface area contributed by atoms with Crippen LogP contribution in [-0.2, 0) is 13.0 Å². The first-order chi connectivity index (χ1) is 8.22. The lowest BCUT2D eigenvalue weighted by atomic mass is 10.2. The van der Waals surface area contributed by atoms with Gasteiger partial charge in [-0.05, 0) is 32.4 Å². The second-order valence-electron chi connectivity index (χ2n) is 4.94. The van der Waals surface area contributed by atoms with Gasteiger partial charge in [-0.25, -0.2) is 0 Å². The van der Waals surface area contributed by atoms with Gasteiger partial charge in [-0.2, -0.15) is 0 Å². The Bertz CT molecular complexity index is 473. The molecule has 0 aromatic carbocycles. The summed E-state index contributed by atoms with van der Waals surface area (Å²) in [4.78, 5) is 5.86. The number of nitrogens with zero attached hydrogens (tertiary/aromatic N) is 3. The summed E-state index contributed by atoms with van der Waals surface area (Å²) in [7, 11) is 0. The van der Waals surface area contributed by atoms with Crippen LogP contribution in [0.5, 0.6) is 0 Å². The number of aromatic nitrogens is 1. The summed E-state index contributed by atoms with van der Waals surface area (Å²) in [6.07, 6.45) is 3.17. The number of aromatic amines is 1. The molecule has 1 aromatic heterocycles. The van der Waals surface area contributed by atoms with Gasteiger partial charge in [0.2, 0.25) is 0 Å². The number of fused-ring (bicyclic) bond motifs is 1. The van der Waals surface area contributed by atoms with Gasteiger partial charge in [0.25, 0.3) is 0 Å². The summed E-state index contributed by atoms with van der Waals surface area (Å²) in [5.41, 5.74) is 3.13. The lowest BCUT2D eigenvalue weighted by Gasteiger charge is -2.19. The minimum atomic E-state index is 0.334. The SMILES string of the molecule is C[C@H]1CCCN1Cc1cc2c([nH]1)CC(=N)N=N2. The Labute approximate surface area is 100 Å². The minimum absolute atomic E-state index is 0.334. The van der Waals surface area contributed by atoms with Gasteiger partial charge in [-0.15, -0.1) is 10.2 Å². The Morgan fingerprint density at radius 3 is 3.18 bits per heavy atom. The highest BCUT2D eigenvalue weighted by Gasteiger charge is 2.22. The van der Waals surface area contributed by atoms with Gasteiger partial charge in [0.15, 0.2) is 0 Å². The summed E-state index contributed by atoms with van der Waals surface area (Å²) in [6, 6.07) is 2.74. The molecule has 1 atom stereocenters. The Morgan fingerprint density at radius 2 is 2.41 bits per heavy atom. The number of amidine groups is 1. The van der Waals surface area contributed by atoms with Gasteiger partial charge < -0.3 is 4.98 Å². The van der Waals surface area contributed by atoms with Crippen molar-refractivity contribution in [2.24, 2.45) is 10.2 Å². The van der Waals surface area contributed by atoms with Crippen LogP contribution in [0.4, 0.5) is 5.69 Å². The molecule has 1 saturated heterocycles. The van der Waals surface area contributed by atoms with E-state index in [-0.39, 0.29) is 0 Å². The molecular weight excluding hydrogens is 214 g/mol. The Balaban J connectivity index is 1.77. The number of H-pyrrole nitrogens is 1. The standard InChI is InChI=1S/C12H17N5/c1-8-3-2-4-17(8)7-9-5-11-10(14-9)6-12(13)16-15-11/h5,8,13-14H,2-4,6-7H2,1H3/t8-/m0/s1. The lowest BCUT2D eigenvalue weighted by molar-refractivity contribution is 0.257. The molecule has 5 heteroatoms. The predicted octanol–water partition coefficient (Wildman–Crippen LogP) is 2.62. The van der Waals surface area contributed by atoms with Gasteiger partial charge in [0, 0.05) is 18.3 Å². The third kappa shape index (κ3) is 2.02. The van der Waals surface area contributed by atoms with Crippen molar-refractivity contribution in [3.63, 3.8) is 0 Å². The molecule has 3 heterocycles. The van der Waals surface area contributed by atoms with Gasteiger partial charge in [0.1, 0.15) is 11.5 Å². The number of hydrogen-bond acceptors (Lipinski definition) is 3. The largest absolute Gasteiger partial charge is 0.359 e. The second kappa shape index (κ2) is 4.07. The fourth-order valence-electron chi connectivity index (χ4n) is 2.62.